The number of allylic oxidation sites excluding steroid dienone is 1. The molecule has 4 aliphatic rings. The molecule has 0 aromatic rings. The van der Waals surface area contributed by atoms with Crippen molar-refractivity contribution in [3.05, 3.63) is 11.6 Å². The van der Waals surface area contributed by atoms with Crippen molar-refractivity contribution < 1.29 is 10.2 Å². The van der Waals surface area contributed by atoms with Crippen molar-refractivity contribution >= 4 is 0 Å². The van der Waals surface area contributed by atoms with Crippen molar-refractivity contribution in [3.8, 4) is 0 Å². The minimum atomic E-state index is -0.468. The van der Waals surface area contributed by atoms with Crippen LogP contribution in [0.25, 0.3) is 0 Å². The minimum absolute atomic E-state index is 0.128. The van der Waals surface area contributed by atoms with Crippen LogP contribution in [-0.2, 0) is 0 Å². The summed E-state index contributed by atoms with van der Waals surface area (Å²) in [6, 6.07) is 0. The van der Waals surface area contributed by atoms with Gasteiger partial charge in [-0.3, -0.25) is 0 Å². The zero-order valence-corrected chi connectivity index (χ0v) is 14.4. The van der Waals surface area contributed by atoms with Crippen molar-refractivity contribution in [1.29, 1.82) is 0 Å². The summed E-state index contributed by atoms with van der Waals surface area (Å²) in [5, 5.41) is 20.9. The second kappa shape index (κ2) is 4.83. The summed E-state index contributed by atoms with van der Waals surface area (Å²) in [6.07, 6.45) is 10.0. The van der Waals surface area contributed by atoms with E-state index in [1.807, 2.05) is 0 Å². The molecule has 3 fully saturated rings. The van der Waals surface area contributed by atoms with E-state index in [1.165, 1.54) is 32.1 Å². The van der Waals surface area contributed by atoms with Gasteiger partial charge in [-0.05, 0) is 86.9 Å². The Bertz CT molecular complexity index is 494. The third-order valence-corrected chi connectivity index (χ3v) is 8.35. The zero-order chi connectivity index (χ0) is 15.7. The van der Waals surface area contributed by atoms with Crippen LogP contribution in [0.15, 0.2) is 11.6 Å². The fraction of sp³-hybridized carbons (Fsp3) is 0.900. The Hall–Kier alpha value is -0.340. The lowest BCUT2D eigenvalue weighted by Gasteiger charge is -2.56. The largest absolute Gasteiger partial charge is 0.390 e. The summed E-state index contributed by atoms with van der Waals surface area (Å²) >= 11 is 0. The van der Waals surface area contributed by atoms with Crippen molar-refractivity contribution in [3.63, 3.8) is 0 Å². The number of rotatable bonds is 0. The van der Waals surface area contributed by atoms with Gasteiger partial charge in [0, 0.05) is 0 Å². The molecule has 4 rings (SSSR count). The van der Waals surface area contributed by atoms with Crippen LogP contribution in [0.4, 0.5) is 0 Å². The molecule has 2 nitrogen and oxygen atoms in total. The molecule has 3 saturated carbocycles. The van der Waals surface area contributed by atoms with Crippen LogP contribution in [0.1, 0.15) is 65.7 Å². The molecule has 0 heterocycles. The Kier molecular flexibility index (Phi) is 3.34. The van der Waals surface area contributed by atoms with Gasteiger partial charge in [-0.2, -0.15) is 0 Å². The molecule has 0 saturated heterocycles. The second-order valence-corrected chi connectivity index (χ2v) is 9.26. The number of fused-ring (bicyclic) bond motifs is 5. The summed E-state index contributed by atoms with van der Waals surface area (Å²) in [5.41, 5.74) is 1.22. The Morgan fingerprint density at radius 1 is 1.05 bits per heavy atom. The summed E-state index contributed by atoms with van der Waals surface area (Å²) in [6.45, 7) is 6.82. The highest BCUT2D eigenvalue weighted by Crippen LogP contribution is 2.65. The molecule has 0 aromatic heterocycles. The van der Waals surface area contributed by atoms with Crippen LogP contribution in [0, 0.1) is 35.0 Å². The number of hydrogen-bond donors (Lipinski definition) is 2. The quantitative estimate of drug-likeness (QED) is 0.666. The SMILES string of the molecule is CC1CC2C(CCC3(C)C2CC[C@]3(C)O)C2CCC(O)C=C12. The smallest absolute Gasteiger partial charge is 0.0723 e. The van der Waals surface area contributed by atoms with Crippen LogP contribution in [-0.4, -0.2) is 21.9 Å². The van der Waals surface area contributed by atoms with Crippen LogP contribution in [0.2, 0.25) is 0 Å². The first-order valence-corrected chi connectivity index (χ1v) is 9.45. The predicted molar refractivity (Wildman–Crippen MR) is 88.3 cm³/mol. The molecule has 7 unspecified atom stereocenters. The van der Waals surface area contributed by atoms with Gasteiger partial charge in [-0.1, -0.05) is 25.5 Å². The standard InChI is InChI=1S/C20H32O2/c1-12-10-17-15(14-5-4-13(21)11-16(12)14)6-8-19(2)18(17)7-9-20(19,3)22/h11-15,17-18,21-22H,4-10H2,1-3H3/t12?,13?,14?,15?,17?,18?,19?,20-/m0/s1. The molecule has 0 amide bonds. The maximum absolute atomic E-state index is 10.9. The maximum atomic E-state index is 10.9. The average Bonchev–Trinajstić information content (AvgIpc) is 2.70. The van der Waals surface area contributed by atoms with Crippen LogP contribution in [0.3, 0.4) is 0 Å². The van der Waals surface area contributed by atoms with Crippen LogP contribution >= 0.6 is 0 Å². The van der Waals surface area contributed by atoms with Gasteiger partial charge >= 0.3 is 0 Å². The lowest BCUT2D eigenvalue weighted by atomic mass is 9.49. The highest BCUT2D eigenvalue weighted by molar-refractivity contribution is 5.23. The Labute approximate surface area is 135 Å². The second-order valence-electron chi connectivity index (χ2n) is 9.26. The number of hydrogen-bond acceptors (Lipinski definition) is 2. The van der Waals surface area contributed by atoms with E-state index in [1.54, 1.807) is 5.57 Å². The molecular formula is C20H32O2. The van der Waals surface area contributed by atoms with Crippen LogP contribution in [0.5, 0.6) is 0 Å². The Morgan fingerprint density at radius 3 is 2.59 bits per heavy atom. The summed E-state index contributed by atoms with van der Waals surface area (Å²) < 4.78 is 0. The summed E-state index contributed by atoms with van der Waals surface area (Å²) in [7, 11) is 0. The van der Waals surface area contributed by atoms with Crippen LogP contribution < -0.4 is 0 Å². The topological polar surface area (TPSA) is 40.5 Å². The monoisotopic (exact) mass is 304 g/mol. The number of aliphatic hydroxyl groups is 2. The first-order chi connectivity index (χ1) is 10.3. The van der Waals surface area contributed by atoms with E-state index >= 15 is 0 Å². The molecule has 0 aromatic carbocycles. The van der Waals surface area contributed by atoms with Crippen molar-refractivity contribution in [1.82, 2.24) is 0 Å². The summed E-state index contributed by atoms with van der Waals surface area (Å²) in [5.74, 6) is 3.64. The van der Waals surface area contributed by atoms with Crippen molar-refractivity contribution in [2.24, 2.45) is 35.0 Å². The fourth-order valence-corrected chi connectivity index (χ4v) is 6.88. The van der Waals surface area contributed by atoms with Gasteiger partial charge in [0.05, 0.1) is 11.7 Å². The minimum Gasteiger partial charge on any atom is -0.390 e. The lowest BCUT2D eigenvalue weighted by Crippen LogP contribution is -2.52. The molecule has 22 heavy (non-hydrogen) atoms. The highest BCUT2D eigenvalue weighted by atomic mass is 16.3. The molecule has 0 spiro atoms. The normalized spacial score (nSPS) is 57.6. The fourth-order valence-electron chi connectivity index (χ4n) is 6.88. The zero-order valence-electron chi connectivity index (χ0n) is 14.4. The molecule has 4 aliphatic carbocycles. The van der Waals surface area contributed by atoms with E-state index in [0.717, 1.165) is 24.7 Å². The molecule has 2 N–H and O–H groups in total. The van der Waals surface area contributed by atoms with Gasteiger partial charge in [0.2, 0.25) is 0 Å². The van der Waals surface area contributed by atoms with E-state index in [9.17, 15) is 10.2 Å². The van der Waals surface area contributed by atoms with Crippen molar-refractivity contribution in [2.75, 3.05) is 0 Å². The molecular weight excluding hydrogens is 272 g/mol. The Balaban J connectivity index is 1.67. The lowest BCUT2D eigenvalue weighted by molar-refractivity contribution is -0.110. The molecule has 8 atom stereocenters. The van der Waals surface area contributed by atoms with Gasteiger partial charge in [-0.15, -0.1) is 0 Å². The predicted octanol–water partition coefficient (Wildman–Crippen LogP) is 3.92. The van der Waals surface area contributed by atoms with E-state index in [-0.39, 0.29) is 11.5 Å². The maximum Gasteiger partial charge on any atom is 0.0723 e. The van der Waals surface area contributed by atoms with Gasteiger partial charge in [0.25, 0.3) is 0 Å². The van der Waals surface area contributed by atoms with Gasteiger partial charge in [0.1, 0.15) is 0 Å². The first kappa shape index (κ1) is 15.2. The third-order valence-electron chi connectivity index (χ3n) is 8.35. The van der Waals surface area contributed by atoms with E-state index < -0.39 is 5.60 Å². The summed E-state index contributed by atoms with van der Waals surface area (Å²) in [4.78, 5) is 0. The first-order valence-electron chi connectivity index (χ1n) is 9.45. The van der Waals surface area contributed by atoms with E-state index in [2.05, 4.69) is 26.8 Å². The molecule has 0 bridgehead atoms. The highest BCUT2D eigenvalue weighted by Gasteiger charge is 2.60. The van der Waals surface area contributed by atoms with E-state index in [0.29, 0.717) is 17.8 Å². The number of aliphatic hydroxyl groups excluding tert-OH is 1. The average molecular weight is 304 g/mol. The molecule has 0 aliphatic heterocycles. The Morgan fingerprint density at radius 2 is 1.82 bits per heavy atom. The third kappa shape index (κ3) is 1.92. The molecule has 2 heteroatoms. The van der Waals surface area contributed by atoms with E-state index in [4.69, 9.17) is 0 Å². The molecule has 124 valence electrons. The van der Waals surface area contributed by atoms with Crippen molar-refractivity contribution in [2.45, 2.75) is 77.4 Å². The van der Waals surface area contributed by atoms with Gasteiger partial charge in [-0.25, -0.2) is 0 Å². The van der Waals surface area contributed by atoms with Gasteiger partial charge < -0.3 is 10.2 Å². The van der Waals surface area contributed by atoms with Gasteiger partial charge in [0.15, 0.2) is 0 Å². The molecule has 0 radical (unpaired) electrons.